The fourth-order valence-electron chi connectivity index (χ4n) is 3.46. The minimum Gasteiger partial charge on any atom is -0.394 e. The lowest BCUT2D eigenvalue weighted by molar-refractivity contribution is -0.344. The monoisotopic (exact) mass is 408 g/mol. The van der Waals surface area contributed by atoms with Crippen molar-refractivity contribution in [1.29, 1.82) is 0 Å². The van der Waals surface area contributed by atoms with Crippen LogP contribution in [0, 0.1) is 0 Å². The van der Waals surface area contributed by atoms with Gasteiger partial charge in [-0.15, -0.1) is 6.58 Å². The Morgan fingerprint density at radius 2 is 1.75 bits per heavy atom. The lowest BCUT2D eigenvalue weighted by Gasteiger charge is -2.44. The number of hydrogen-bond donors (Lipinski definition) is 5. The fraction of sp³-hybridized carbons (Fsp3) is 0.882. The summed E-state index contributed by atoms with van der Waals surface area (Å²) in [5, 5.41) is 49.9. The molecule has 0 radical (unpaired) electrons. The van der Waals surface area contributed by atoms with E-state index in [1.54, 1.807) is 6.92 Å². The average Bonchev–Trinajstić information content (AvgIpc) is 3.00. The quantitative estimate of drug-likeness (QED) is 0.298. The maximum absolute atomic E-state index is 10.5. The van der Waals surface area contributed by atoms with E-state index in [2.05, 4.69) is 6.58 Å². The van der Waals surface area contributed by atoms with Crippen molar-refractivity contribution in [3.05, 3.63) is 12.7 Å². The summed E-state index contributed by atoms with van der Waals surface area (Å²) in [7, 11) is 0. The number of hydrogen-bond acceptors (Lipinski definition) is 11. The SMILES string of the molecule is C=CCOC1(C)O[C@H]2O[C@@H](C)[C@H](O)[C@H](O[C@H]3O[C@H](CO)[C@@H](O)[C@H](O)[C@H]3O)[C@H]2O1. The highest BCUT2D eigenvalue weighted by Crippen LogP contribution is 2.39. The maximum Gasteiger partial charge on any atom is 0.283 e. The Labute approximate surface area is 162 Å². The van der Waals surface area contributed by atoms with Gasteiger partial charge >= 0.3 is 0 Å². The molecule has 28 heavy (non-hydrogen) atoms. The molecule has 3 aliphatic heterocycles. The van der Waals surface area contributed by atoms with Crippen molar-refractivity contribution in [1.82, 2.24) is 0 Å². The van der Waals surface area contributed by atoms with Gasteiger partial charge in [0.1, 0.15) is 42.7 Å². The minimum atomic E-state index is -1.62. The molecule has 0 aromatic carbocycles. The second-order valence-corrected chi connectivity index (χ2v) is 7.16. The minimum absolute atomic E-state index is 0.145. The van der Waals surface area contributed by atoms with Crippen LogP contribution in [0.5, 0.6) is 0 Å². The molecule has 0 saturated carbocycles. The first kappa shape index (κ1) is 22.0. The largest absolute Gasteiger partial charge is 0.394 e. The Balaban J connectivity index is 1.76. The zero-order valence-electron chi connectivity index (χ0n) is 15.7. The molecule has 0 bridgehead atoms. The standard InChI is InChI=1S/C17H28O11/c1-4-5-23-17(3)27-14-13(9(19)7(2)24-16(14)28-17)26-15-12(22)11(21)10(20)8(6-18)25-15/h4,7-16,18-22H,1,5-6H2,2-3H3/t7-,8+,9-,10+,11-,12+,13-,14+,15+,16+,17?/m0/s1. The van der Waals surface area contributed by atoms with Crippen molar-refractivity contribution in [3.8, 4) is 0 Å². The summed E-state index contributed by atoms with van der Waals surface area (Å²) in [6.45, 7) is 6.23. The van der Waals surface area contributed by atoms with Gasteiger partial charge in [-0.2, -0.15) is 0 Å². The van der Waals surface area contributed by atoms with E-state index in [-0.39, 0.29) is 6.61 Å². The molecule has 162 valence electrons. The lowest BCUT2D eigenvalue weighted by atomic mass is 9.97. The highest BCUT2D eigenvalue weighted by atomic mass is 16.9. The Morgan fingerprint density at radius 3 is 2.39 bits per heavy atom. The van der Waals surface area contributed by atoms with Gasteiger partial charge in [-0.1, -0.05) is 6.08 Å². The van der Waals surface area contributed by atoms with Crippen molar-refractivity contribution in [2.45, 2.75) is 81.2 Å². The second-order valence-electron chi connectivity index (χ2n) is 7.16. The van der Waals surface area contributed by atoms with Crippen LogP contribution in [0.15, 0.2) is 12.7 Å². The van der Waals surface area contributed by atoms with Gasteiger partial charge in [-0.05, 0) is 6.92 Å². The molecule has 1 unspecified atom stereocenters. The van der Waals surface area contributed by atoms with Gasteiger partial charge < -0.3 is 49.2 Å². The zero-order chi connectivity index (χ0) is 20.6. The molecule has 11 nitrogen and oxygen atoms in total. The van der Waals surface area contributed by atoms with Gasteiger partial charge in [0.2, 0.25) is 0 Å². The van der Waals surface area contributed by atoms with Crippen LogP contribution in [0.2, 0.25) is 0 Å². The molecule has 5 N–H and O–H groups in total. The summed E-state index contributed by atoms with van der Waals surface area (Å²) in [5.41, 5.74) is 0. The molecule has 3 rings (SSSR count). The van der Waals surface area contributed by atoms with E-state index in [0.29, 0.717) is 0 Å². The first-order chi connectivity index (χ1) is 13.2. The molecule has 3 fully saturated rings. The molecule has 0 spiro atoms. The number of fused-ring (bicyclic) bond motifs is 1. The molecule has 3 saturated heterocycles. The second kappa shape index (κ2) is 8.58. The van der Waals surface area contributed by atoms with E-state index in [9.17, 15) is 25.5 Å². The summed E-state index contributed by atoms with van der Waals surface area (Å²) >= 11 is 0. The van der Waals surface area contributed by atoms with E-state index in [1.807, 2.05) is 0 Å². The highest BCUT2D eigenvalue weighted by molar-refractivity contribution is 4.96. The van der Waals surface area contributed by atoms with Gasteiger partial charge in [0, 0.05) is 6.92 Å². The van der Waals surface area contributed by atoms with Gasteiger partial charge in [0.25, 0.3) is 5.97 Å². The van der Waals surface area contributed by atoms with Crippen molar-refractivity contribution < 1.29 is 54.0 Å². The molecule has 0 aliphatic carbocycles. The fourth-order valence-corrected chi connectivity index (χ4v) is 3.46. The van der Waals surface area contributed by atoms with Crippen LogP contribution in [0.3, 0.4) is 0 Å². The normalized spacial score (nSPS) is 51.7. The Hall–Kier alpha value is -0.700. The third-order valence-corrected chi connectivity index (χ3v) is 5.04. The molecule has 0 aromatic heterocycles. The number of aliphatic hydroxyl groups excluding tert-OH is 5. The zero-order valence-corrected chi connectivity index (χ0v) is 15.7. The van der Waals surface area contributed by atoms with E-state index >= 15 is 0 Å². The molecule has 0 aromatic rings. The predicted octanol–water partition coefficient (Wildman–Crippen LogP) is -2.43. The van der Waals surface area contributed by atoms with Crippen LogP contribution >= 0.6 is 0 Å². The molecule has 11 atom stereocenters. The van der Waals surface area contributed by atoms with E-state index in [4.69, 9.17) is 28.4 Å². The third kappa shape index (κ3) is 4.11. The van der Waals surface area contributed by atoms with Crippen molar-refractivity contribution in [2.75, 3.05) is 13.2 Å². The number of ether oxygens (including phenoxy) is 6. The van der Waals surface area contributed by atoms with Crippen LogP contribution in [0.25, 0.3) is 0 Å². The van der Waals surface area contributed by atoms with Gasteiger partial charge in [0.15, 0.2) is 12.6 Å². The van der Waals surface area contributed by atoms with Crippen LogP contribution in [0.1, 0.15) is 13.8 Å². The van der Waals surface area contributed by atoms with Crippen molar-refractivity contribution in [3.63, 3.8) is 0 Å². The van der Waals surface area contributed by atoms with E-state index in [1.165, 1.54) is 13.0 Å². The highest BCUT2D eigenvalue weighted by Gasteiger charge is 2.57. The maximum atomic E-state index is 10.5. The lowest BCUT2D eigenvalue weighted by Crippen LogP contribution is -2.63. The Kier molecular flexibility index (Phi) is 6.74. The summed E-state index contributed by atoms with van der Waals surface area (Å²) < 4.78 is 33.6. The van der Waals surface area contributed by atoms with Gasteiger partial charge in [0.05, 0.1) is 19.3 Å². The van der Waals surface area contributed by atoms with Crippen LogP contribution < -0.4 is 0 Å². The van der Waals surface area contributed by atoms with Crippen LogP contribution in [-0.4, -0.2) is 106 Å². The van der Waals surface area contributed by atoms with Crippen LogP contribution in [-0.2, 0) is 28.4 Å². The van der Waals surface area contributed by atoms with E-state index in [0.717, 1.165) is 0 Å². The molecule has 0 amide bonds. The Morgan fingerprint density at radius 1 is 1.04 bits per heavy atom. The van der Waals surface area contributed by atoms with Gasteiger partial charge in [-0.25, -0.2) is 0 Å². The first-order valence-electron chi connectivity index (χ1n) is 9.10. The molecular weight excluding hydrogens is 380 g/mol. The summed E-state index contributed by atoms with van der Waals surface area (Å²) in [5.74, 6) is -1.47. The first-order valence-corrected chi connectivity index (χ1v) is 9.10. The van der Waals surface area contributed by atoms with Crippen molar-refractivity contribution >= 4 is 0 Å². The summed E-state index contributed by atoms with van der Waals surface area (Å²) in [6.07, 6.45) is -10.6. The predicted molar refractivity (Wildman–Crippen MR) is 89.5 cm³/mol. The van der Waals surface area contributed by atoms with E-state index < -0.39 is 74.0 Å². The molecule has 3 heterocycles. The average molecular weight is 408 g/mol. The smallest absolute Gasteiger partial charge is 0.283 e. The summed E-state index contributed by atoms with van der Waals surface area (Å²) in [6, 6.07) is 0. The Bertz CT molecular complexity index is 545. The van der Waals surface area contributed by atoms with Gasteiger partial charge in [-0.3, -0.25) is 4.74 Å². The molecule has 11 heteroatoms. The molecule has 3 aliphatic rings. The molecular formula is C17H28O11. The van der Waals surface area contributed by atoms with Crippen molar-refractivity contribution in [2.24, 2.45) is 0 Å². The third-order valence-electron chi connectivity index (χ3n) is 5.04. The number of aliphatic hydroxyl groups is 5. The summed E-state index contributed by atoms with van der Waals surface area (Å²) in [4.78, 5) is 0. The van der Waals surface area contributed by atoms with Crippen LogP contribution in [0.4, 0.5) is 0 Å². The topological polar surface area (TPSA) is 157 Å². The number of rotatable bonds is 6.